The van der Waals surface area contributed by atoms with Gasteiger partial charge in [0.25, 0.3) is 5.91 Å². The van der Waals surface area contributed by atoms with Crippen LogP contribution in [0.2, 0.25) is 0 Å². The highest BCUT2D eigenvalue weighted by atomic mass is 79.9. The summed E-state index contributed by atoms with van der Waals surface area (Å²) in [7, 11) is 1.31. The molecule has 0 aliphatic carbocycles. The van der Waals surface area contributed by atoms with Gasteiger partial charge in [0.1, 0.15) is 5.60 Å². The number of thiophene rings is 1. The third-order valence-corrected chi connectivity index (χ3v) is 5.26. The second-order valence-corrected chi connectivity index (χ2v) is 8.42. The molecule has 1 aromatic carbocycles. The molecule has 2 aromatic rings. The van der Waals surface area contributed by atoms with Crippen molar-refractivity contribution in [3.8, 4) is 5.75 Å². The van der Waals surface area contributed by atoms with Crippen molar-refractivity contribution >= 4 is 50.6 Å². The van der Waals surface area contributed by atoms with Gasteiger partial charge >= 0.3 is 11.8 Å². The molecule has 8 nitrogen and oxygen atoms in total. The van der Waals surface area contributed by atoms with Crippen molar-refractivity contribution in [3.63, 3.8) is 0 Å². The first-order chi connectivity index (χ1) is 13.0. The predicted molar refractivity (Wildman–Crippen MR) is 109 cm³/mol. The number of carbonyl (C=O) groups is 2. The predicted octanol–water partition coefficient (Wildman–Crippen LogP) is 5.32. The average Bonchev–Trinajstić information content (AvgIpc) is 3.00. The Hall–Kier alpha value is -2.46. The van der Waals surface area contributed by atoms with Gasteiger partial charge in [0.05, 0.1) is 23.3 Å². The van der Waals surface area contributed by atoms with E-state index in [0.717, 1.165) is 11.0 Å². The van der Waals surface area contributed by atoms with E-state index in [0.29, 0.717) is 10.0 Å². The van der Waals surface area contributed by atoms with Crippen LogP contribution in [0, 0.1) is 17.0 Å². The Kier molecular flexibility index (Phi) is 6.45. The monoisotopic (exact) mass is 470 g/mol. The first-order valence-corrected chi connectivity index (χ1v) is 9.82. The second-order valence-electron chi connectivity index (χ2n) is 6.82. The molecule has 2 amide bonds. The molecule has 0 N–H and O–H groups in total. The number of rotatable bonds is 4. The molecule has 150 valence electrons. The minimum absolute atomic E-state index is 0.0274. The molecule has 0 saturated heterocycles. The Morgan fingerprint density at radius 3 is 2.36 bits per heavy atom. The van der Waals surface area contributed by atoms with Crippen LogP contribution in [0.15, 0.2) is 27.4 Å². The third-order valence-electron chi connectivity index (χ3n) is 3.56. The van der Waals surface area contributed by atoms with Gasteiger partial charge in [0, 0.05) is 21.3 Å². The van der Waals surface area contributed by atoms with Gasteiger partial charge < -0.3 is 9.47 Å². The molecule has 28 heavy (non-hydrogen) atoms. The maximum Gasteiger partial charge on any atom is 0.422 e. The van der Waals surface area contributed by atoms with Gasteiger partial charge in [0.15, 0.2) is 5.75 Å². The van der Waals surface area contributed by atoms with Crippen LogP contribution in [0.5, 0.6) is 5.75 Å². The number of hydrogen-bond donors (Lipinski definition) is 0. The topological polar surface area (TPSA) is 99.0 Å². The lowest BCUT2D eigenvalue weighted by Crippen LogP contribution is -2.41. The number of nitrogens with zero attached hydrogens (tertiary/aromatic N) is 2. The summed E-state index contributed by atoms with van der Waals surface area (Å²) in [5.74, 6) is -0.635. The van der Waals surface area contributed by atoms with Crippen LogP contribution in [0.1, 0.15) is 36.7 Å². The van der Waals surface area contributed by atoms with E-state index < -0.39 is 22.5 Å². The maximum atomic E-state index is 13.1. The number of ether oxygens (including phenoxy) is 2. The number of anilines is 1. The highest BCUT2D eigenvalue weighted by Crippen LogP contribution is 2.36. The summed E-state index contributed by atoms with van der Waals surface area (Å²) < 4.78 is 10.9. The van der Waals surface area contributed by atoms with E-state index in [2.05, 4.69) is 15.9 Å². The van der Waals surface area contributed by atoms with E-state index >= 15 is 0 Å². The fourth-order valence-electron chi connectivity index (χ4n) is 2.36. The molecular formula is C18H19BrN2O6S. The standard InChI is InChI=1S/C18H19BrN2O6S/c1-10-6-15(26-5)14(21(24)25)7-13(10)20(17(23)27-18(2,3)4)16(22)11-8-28-9-12(11)19/h6-9H,1-5H3. The Morgan fingerprint density at radius 2 is 1.89 bits per heavy atom. The molecule has 0 bridgehead atoms. The molecule has 10 heteroatoms. The molecular weight excluding hydrogens is 452 g/mol. The largest absolute Gasteiger partial charge is 0.490 e. The smallest absolute Gasteiger partial charge is 0.422 e. The first kappa shape index (κ1) is 21.8. The van der Waals surface area contributed by atoms with Gasteiger partial charge in [-0.3, -0.25) is 14.9 Å². The number of hydrogen-bond acceptors (Lipinski definition) is 7. The van der Waals surface area contributed by atoms with Gasteiger partial charge in [-0.1, -0.05) is 0 Å². The minimum atomic E-state index is -0.932. The zero-order valence-corrected chi connectivity index (χ0v) is 18.3. The van der Waals surface area contributed by atoms with Crippen molar-refractivity contribution in [2.75, 3.05) is 12.0 Å². The minimum Gasteiger partial charge on any atom is -0.490 e. The van der Waals surface area contributed by atoms with Crippen LogP contribution in [0.4, 0.5) is 16.2 Å². The Bertz CT molecular complexity index is 935. The number of benzene rings is 1. The molecule has 0 unspecified atom stereocenters. The van der Waals surface area contributed by atoms with E-state index in [9.17, 15) is 19.7 Å². The van der Waals surface area contributed by atoms with Gasteiger partial charge in [0.2, 0.25) is 0 Å². The first-order valence-electron chi connectivity index (χ1n) is 8.08. The van der Waals surface area contributed by atoms with Crippen molar-refractivity contribution in [1.82, 2.24) is 0 Å². The van der Waals surface area contributed by atoms with Crippen LogP contribution in [-0.4, -0.2) is 29.6 Å². The van der Waals surface area contributed by atoms with Crippen molar-refractivity contribution in [1.29, 1.82) is 0 Å². The number of methoxy groups -OCH3 is 1. The van der Waals surface area contributed by atoms with Crippen LogP contribution >= 0.6 is 27.3 Å². The number of nitro benzene ring substituents is 1. The van der Waals surface area contributed by atoms with Crippen molar-refractivity contribution in [2.45, 2.75) is 33.3 Å². The van der Waals surface area contributed by atoms with E-state index in [1.807, 2.05) is 0 Å². The molecule has 0 atom stereocenters. The summed E-state index contributed by atoms with van der Waals surface area (Å²) in [4.78, 5) is 37.6. The van der Waals surface area contributed by atoms with Crippen molar-refractivity contribution in [3.05, 3.63) is 48.6 Å². The summed E-state index contributed by atoms with van der Waals surface area (Å²) >= 11 is 4.56. The summed E-state index contributed by atoms with van der Waals surface area (Å²) in [6.07, 6.45) is -0.932. The van der Waals surface area contributed by atoms with Gasteiger partial charge in [-0.05, 0) is 55.3 Å². The molecule has 0 aliphatic rings. The molecule has 2 rings (SSSR count). The average molecular weight is 471 g/mol. The zero-order valence-electron chi connectivity index (χ0n) is 15.9. The quantitative estimate of drug-likeness (QED) is 0.442. The molecule has 1 aromatic heterocycles. The Morgan fingerprint density at radius 1 is 1.25 bits per heavy atom. The van der Waals surface area contributed by atoms with Crippen LogP contribution < -0.4 is 9.64 Å². The summed E-state index contributed by atoms with van der Waals surface area (Å²) in [5, 5.41) is 14.7. The number of carbonyl (C=O) groups excluding carboxylic acids is 2. The van der Waals surface area contributed by atoms with Crippen molar-refractivity contribution in [2.24, 2.45) is 0 Å². The lowest BCUT2D eigenvalue weighted by molar-refractivity contribution is -0.385. The van der Waals surface area contributed by atoms with Crippen LogP contribution in [0.3, 0.4) is 0 Å². The molecule has 1 heterocycles. The number of aryl methyl sites for hydroxylation is 1. The van der Waals surface area contributed by atoms with Gasteiger partial charge in [-0.25, -0.2) is 9.69 Å². The number of nitro groups is 1. The summed E-state index contributed by atoms with van der Waals surface area (Å²) in [5.41, 5.74) is -0.506. The zero-order chi connectivity index (χ0) is 21.2. The molecule has 0 saturated carbocycles. The number of amides is 2. The lowest BCUT2D eigenvalue weighted by Gasteiger charge is -2.27. The summed E-state index contributed by atoms with van der Waals surface area (Å²) in [6.45, 7) is 6.61. The van der Waals surface area contributed by atoms with E-state index in [1.165, 1.54) is 24.5 Å². The van der Waals surface area contributed by atoms with Crippen LogP contribution in [-0.2, 0) is 4.74 Å². The highest BCUT2D eigenvalue weighted by Gasteiger charge is 2.33. The molecule has 0 radical (unpaired) electrons. The number of halogens is 1. The lowest BCUT2D eigenvalue weighted by atomic mass is 10.1. The number of imide groups is 1. The molecule has 0 aliphatic heterocycles. The van der Waals surface area contributed by atoms with E-state index in [4.69, 9.17) is 9.47 Å². The normalized spacial score (nSPS) is 11.1. The Balaban J connectivity index is 2.67. The maximum absolute atomic E-state index is 13.1. The Labute approximate surface area is 174 Å². The molecule has 0 fully saturated rings. The van der Waals surface area contributed by atoms with Gasteiger partial charge in [-0.15, -0.1) is 0 Å². The fourth-order valence-corrected chi connectivity index (χ4v) is 3.80. The second kappa shape index (κ2) is 8.27. The summed E-state index contributed by atoms with van der Waals surface area (Å²) in [6, 6.07) is 2.54. The third kappa shape index (κ3) is 4.68. The van der Waals surface area contributed by atoms with Crippen molar-refractivity contribution < 1.29 is 24.0 Å². The van der Waals surface area contributed by atoms with E-state index in [1.54, 1.807) is 38.5 Å². The van der Waals surface area contributed by atoms with E-state index in [-0.39, 0.29) is 22.7 Å². The van der Waals surface area contributed by atoms with Crippen LogP contribution in [0.25, 0.3) is 0 Å². The highest BCUT2D eigenvalue weighted by molar-refractivity contribution is 9.10. The SMILES string of the molecule is COc1cc(C)c(N(C(=O)OC(C)(C)C)C(=O)c2cscc2Br)cc1[N+](=O)[O-]. The molecule has 0 spiro atoms. The fraction of sp³-hybridized carbons (Fsp3) is 0.333. The van der Waals surface area contributed by atoms with Gasteiger partial charge in [-0.2, -0.15) is 11.3 Å².